The van der Waals surface area contributed by atoms with E-state index in [1.165, 1.54) is 0 Å². The molecule has 2 aromatic heterocycles. The largest absolute Gasteiger partial charge is 0.303 e. The zero-order valence-electron chi connectivity index (χ0n) is 8.08. The number of nitrogens with zero attached hydrogens (tertiary/aromatic N) is 2. The summed E-state index contributed by atoms with van der Waals surface area (Å²) < 4.78 is 1.96. The number of aromatic nitrogens is 2. The van der Waals surface area contributed by atoms with E-state index in [0.717, 1.165) is 11.3 Å². The molecule has 0 atom stereocenters. The van der Waals surface area contributed by atoms with Crippen LogP contribution in [0.5, 0.6) is 0 Å². The number of hydrogen-bond acceptors (Lipinski definition) is 1. The smallest absolute Gasteiger partial charge is 0.151 e. The normalized spacial score (nSPS) is 9.54. The van der Waals surface area contributed by atoms with Gasteiger partial charge in [-0.3, -0.25) is 0 Å². The fourth-order valence-electron chi connectivity index (χ4n) is 1.09. The Balaban J connectivity index is 0.000000396. The lowest BCUT2D eigenvalue weighted by atomic mass is 10.4. The zero-order chi connectivity index (χ0) is 9.84. The molecule has 0 aliphatic rings. The van der Waals surface area contributed by atoms with Gasteiger partial charge in [-0.05, 0) is 19.1 Å². The second kappa shape index (κ2) is 4.28. The van der Waals surface area contributed by atoms with Crippen LogP contribution in [-0.2, 0) is 0 Å². The van der Waals surface area contributed by atoms with Gasteiger partial charge in [-0.25, -0.2) is 4.98 Å². The molecule has 0 amide bonds. The summed E-state index contributed by atoms with van der Waals surface area (Å²) >= 11 is 5.82. The standard InChI is InChI=1S/C8H7ClN2.C2H6/c1-6-8(9)10-7-4-2-3-5-11(6)7;1-2/h2-5H,1H3;1-2H3. The van der Waals surface area contributed by atoms with Crippen molar-refractivity contribution in [2.75, 3.05) is 0 Å². The highest BCUT2D eigenvalue weighted by atomic mass is 35.5. The maximum atomic E-state index is 5.82. The predicted molar refractivity (Wildman–Crippen MR) is 56.3 cm³/mol. The minimum Gasteiger partial charge on any atom is -0.303 e. The minimum atomic E-state index is 0.580. The SMILES string of the molecule is CC.Cc1c(Cl)nc2ccccn12. The van der Waals surface area contributed by atoms with Crippen LogP contribution in [0.25, 0.3) is 5.65 Å². The molecule has 0 saturated heterocycles. The molecule has 0 aromatic carbocycles. The van der Waals surface area contributed by atoms with Crippen molar-refractivity contribution in [3.8, 4) is 0 Å². The topological polar surface area (TPSA) is 17.3 Å². The minimum absolute atomic E-state index is 0.580. The molecule has 13 heavy (non-hydrogen) atoms. The molecular formula is C10H13ClN2. The molecular weight excluding hydrogens is 184 g/mol. The summed E-state index contributed by atoms with van der Waals surface area (Å²) in [5.74, 6) is 0. The number of aryl methyl sites for hydroxylation is 1. The zero-order valence-corrected chi connectivity index (χ0v) is 8.84. The van der Waals surface area contributed by atoms with Crippen molar-refractivity contribution in [3.63, 3.8) is 0 Å². The molecule has 0 saturated carbocycles. The number of fused-ring (bicyclic) bond motifs is 1. The number of halogens is 1. The van der Waals surface area contributed by atoms with Crippen molar-refractivity contribution in [2.24, 2.45) is 0 Å². The number of pyridine rings is 1. The predicted octanol–water partition coefficient (Wildman–Crippen LogP) is 3.32. The van der Waals surface area contributed by atoms with Crippen molar-refractivity contribution in [1.82, 2.24) is 9.38 Å². The van der Waals surface area contributed by atoms with Gasteiger partial charge in [0.15, 0.2) is 5.15 Å². The Bertz CT molecular complexity index is 393. The van der Waals surface area contributed by atoms with Gasteiger partial charge in [0.05, 0.1) is 5.69 Å². The Hall–Kier alpha value is -1.02. The molecule has 0 aliphatic carbocycles. The van der Waals surface area contributed by atoms with E-state index >= 15 is 0 Å². The molecule has 2 nitrogen and oxygen atoms in total. The van der Waals surface area contributed by atoms with Gasteiger partial charge in [0, 0.05) is 6.20 Å². The van der Waals surface area contributed by atoms with Crippen LogP contribution in [0.4, 0.5) is 0 Å². The first-order chi connectivity index (χ1) is 6.29. The highest BCUT2D eigenvalue weighted by Crippen LogP contribution is 2.15. The van der Waals surface area contributed by atoms with Gasteiger partial charge in [0.25, 0.3) is 0 Å². The molecule has 3 heteroatoms. The Labute approximate surface area is 83.2 Å². The van der Waals surface area contributed by atoms with Crippen molar-refractivity contribution >= 4 is 17.2 Å². The van der Waals surface area contributed by atoms with Crippen molar-refractivity contribution in [2.45, 2.75) is 20.8 Å². The first-order valence-corrected chi connectivity index (χ1v) is 4.76. The number of hydrogen-bond donors (Lipinski definition) is 0. The van der Waals surface area contributed by atoms with Gasteiger partial charge in [-0.1, -0.05) is 31.5 Å². The summed E-state index contributed by atoms with van der Waals surface area (Å²) in [7, 11) is 0. The molecule has 2 heterocycles. The first kappa shape index (κ1) is 10.1. The summed E-state index contributed by atoms with van der Waals surface area (Å²) in [5, 5.41) is 0.580. The maximum absolute atomic E-state index is 5.82. The number of rotatable bonds is 0. The quantitative estimate of drug-likeness (QED) is 0.632. The van der Waals surface area contributed by atoms with Crippen LogP contribution in [0.15, 0.2) is 24.4 Å². The van der Waals surface area contributed by atoms with E-state index < -0.39 is 0 Å². The van der Waals surface area contributed by atoms with Gasteiger partial charge in [-0.15, -0.1) is 0 Å². The van der Waals surface area contributed by atoms with Crippen molar-refractivity contribution in [3.05, 3.63) is 35.2 Å². The molecule has 0 spiro atoms. The fourth-order valence-corrected chi connectivity index (χ4v) is 1.27. The van der Waals surface area contributed by atoms with E-state index in [-0.39, 0.29) is 0 Å². The second-order valence-corrected chi connectivity index (χ2v) is 2.77. The molecule has 0 N–H and O–H groups in total. The van der Waals surface area contributed by atoms with Gasteiger partial charge < -0.3 is 4.40 Å². The van der Waals surface area contributed by atoms with Crippen LogP contribution in [0.1, 0.15) is 19.5 Å². The van der Waals surface area contributed by atoms with Gasteiger partial charge in [0.1, 0.15) is 5.65 Å². The Morgan fingerprint density at radius 2 is 2.00 bits per heavy atom. The van der Waals surface area contributed by atoms with Gasteiger partial charge in [-0.2, -0.15) is 0 Å². The molecule has 0 aliphatic heterocycles. The lowest BCUT2D eigenvalue weighted by molar-refractivity contribution is 1.11. The summed E-state index contributed by atoms with van der Waals surface area (Å²) in [6.45, 7) is 5.95. The fraction of sp³-hybridized carbons (Fsp3) is 0.300. The molecule has 0 bridgehead atoms. The summed E-state index contributed by atoms with van der Waals surface area (Å²) in [6, 6.07) is 5.83. The lowest BCUT2D eigenvalue weighted by Gasteiger charge is -1.92. The van der Waals surface area contributed by atoms with E-state index in [1.807, 2.05) is 49.6 Å². The third-order valence-corrected chi connectivity index (χ3v) is 2.07. The first-order valence-electron chi connectivity index (χ1n) is 4.38. The average Bonchev–Trinajstić information content (AvgIpc) is 2.47. The average molecular weight is 197 g/mol. The third-order valence-electron chi connectivity index (χ3n) is 1.71. The third kappa shape index (κ3) is 1.83. The molecule has 70 valence electrons. The second-order valence-electron chi connectivity index (χ2n) is 2.42. The summed E-state index contributed by atoms with van der Waals surface area (Å²) in [5.41, 5.74) is 1.89. The van der Waals surface area contributed by atoms with Crippen LogP contribution >= 0.6 is 11.6 Å². The van der Waals surface area contributed by atoms with Crippen molar-refractivity contribution in [1.29, 1.82) is 0 Å². The van der Waals surface area contributed by atoms with Crippen LogP contribution in [0, 0.1) is 6.92 Å². The van der Waals surface area contributed by atoms with Crippen LogP contribution in [-0.4, -0.2) is 9.38 Å². The van der Waals surface area contributed by atoms with Crippen LogP contribution in [0.2, 0.25) is 5.15 Å². The lowest BCUT2D eigenvalue weighted by Crippen LogP contribution is -1.83. The van der Waals surface area contributed by atoms with E-state index in [1.54, 1.807) is 0 Å². The van der Waals surface area contributed by atoms with Gasteiger partial charge in [0.2, 0.25) is 0 Å². The monoisotopic (exact) mass is 196 g/mol. The summed E-state index contributed by atoms with van der Waals surface area (Å²) in [4.78, 5) is 4.14. The van der Waals surface area contributed by atoms with E-state index in [0.29, 0.717) is 5.15 Å². The van der Waals surface area contributed by atoms with Crippen LogP contribution in [0.3, 0.4) is 0 Å². The Morgan fingerprint density at radius 3 is 2.62 bits per heavy atom. The van der Waals surface area contributed by atoms with Crippen molar-refractivity contribution < 1.29 is 0 Å². The Morgan fingerprint density at radius 1 is 1.31 bits per heavy atom. The molecule has 2 aromatic rings. The van der Waals surface area contributed by atoms with E-state index in [9.17, 15) is 0 Å². The van der Waals surface area contributed by atoms with Gasteiger partial charge >= 0.3 is 0 Å². The highest BCUT2D eigenvalue weighted by molar-refractivity contribution is 6.30. The Kier molecular flexibility index (Phi) is 3.32. The molecule has 0 unspecified atom stereocenters. The van der Waals surface area contributed by atoms with E-state index in [2.05, 4.69) is 4.98 Å². The van der Waals surface area contributed by atoms with Crippen LogP contribution < -0.4 is 0 Å². The summed E-state index contributed by atoms with van der Waals surface area (Å²) in [6.07, 6.45) is 1.95. The molecule has 0 radical (unpaired) electrons. The number of imidazole rings is 1. The highest BCUT2D eigenvalue weighted by Gasteiger charge is 2.02. The molecule has 0 fully saturated rings. The molecule has 2 rings (SSSR count). The van der Waals surface area contributed by atoms with E-state index in [4.69, 9.17) is 11.6 Å². The maximum Gasteiger partial charge on any atom is 0.151 e.